The molecule has 0 unspecified atom stereocenters. The molecular weight excluding hydrogens is 356 g/mol. The van der Waals surface area contributed by atoms with Crippen molar-refractivity contribution in [2.24, 2.45) is 0 Å². The average Bonchev–Trinajstić information content (AvgIpc) is 2.98. The summed E-state index contributed by atoms with van der Waals surface area (Å²) in [7, 11) is 2.18. The lowest BCUT2D eigenvalue weighted by atomic mass is 10.1. The predicted molar refractivity (Wildman–Crippen MR) is 93.1 cm³/mol. The number of hydrogen-bond acceptors (Lipinski definition) is 3. The Bertz CT molecular complexity index is 585. The Labute approximate surface area is 138 Å². The molecule has 108 valence electrons. The van der Waals surface area contributed by atoms with Crippen LogP contribution in [0, 0.1) is 0 Å². The summed E-state index contributed by atoms with van der Waals surface area (Å²) < 4.78 is 1.18. The molecule has 0 atom stereocenters. The molecule has 0 bridgehead atoms. The third-order valence-corrected chi connectivity index (χ3v) is 5.10. The fraction of sp³-hybridized carbons (Fsp3) is 0.333. The zero-order valence-electron chi connectivity index (χ0n) is 11.4. The molecule has 0 saturated carbocycles. The van der Waals surface area contributed by atoms with Crippen molar-refractivity contribution in [2.45, 2.75) is 19.5 Å². The van der Waals surface area contributed by atoms with Crippen LogP contribution in [0.2, 0.25) is 0 Å². The van der Waals surface area contributed by atoms with Crippen LogP contribution in [0.5, 0.6) is 0 Å². The van der Waals surface area contributed by atoms with E-state index in [1.807, 2.05) is 11.3 Å². The summed E-state index contributed by atoms with van der Waals surface area (Å²) in [4.78, 5) is 3.77. The molecule has 1 aromatic carbocycles. The van der Waals surface area contributed by atoms with E-state index in [4.69, 9.17) is 0 Å². The van der Waals surface area contributed by atoms with E-state index in [9.17, 15) is 0 Å². The number of fused-ring (bicyclic) bond motifs is 1. The van der Waals surface area contributed by atoms with Crippen LogP contribution in [0.4, 0.5) is 5.69 Å². The van der Waals surface area contributed by atoms with Gasteiger partial charge in [-0.2, -0.15) is 0 Å². The third-order valence-electron chi connectivity index (χ3n) is 3.42. The van der Waals surface area contributed by atoms with Gasteiger partial charge in [0.2, 0.25) is 0 Å². The molecule has 0 aliphatic carbocycles. The smallest absolute Gasteiger partial charge is 0.0419 e. The van der Waals surface area contributed by atoms with Crippen molar-refractivity contribution >= 4 is 45.4 Å². The van der Waals surface area contributed by atoms with Gasteiger partial charge < -0.3 is 5.32 Å². The van der Waals surface area contributed by atoms with Gasteiger partial charge in [-0.05, 0) is 46.6 Å². The molecule has 0 radical (unpaired) electrons. The minimum Gasteiger partial charge on any atom is -0.384 e. The summed E-state index contributed by atoms with van der Waals surface area (Å²) in [5, 5.41) is 5.65. The fourth-order valence-corrected chi connectivity index (χ4v) is 4.12. The highest BCUT2D eigenvalue weighted by atomic mass is 79.9. The van der Waals surface area contributed by atoms with Gasteiger partial charge in [0, 0.05) is 40.1 Å². The van der Waals surface area contributed by atoms with Crippen LogP contribution in [0.1, 0.15) is 16.0 Å². The lowest BCUT2D eigenvalue weighted by Gasteiger charge is -2.18. The summed E-state index contributed by atoms with van der Waals surface area (Å²) in [5.41, 5.74) is 4.24. The number of anilines is 1. The maximum Gasteiger partial charge on any atom is 0.0419 e. The van der Waals surface area contributed by atoms with Gasteiger partial charge in [0.15, 0.2) is 0 Å². The molecule has 2 heterocycles. The number of halogens is 2. The molecule has 0 saturated heterocycles. The Kier molecular flexibility index (Phi) is 5.49. The number of nitrogens with one attached hydrogen (secondary N) is 1. The maximum absolute atomic E-state index is 3.51. The quantitative estimate of drug-likeness (QED) is 0.847. The van der Waals surface area contributed by atoms with E-state index in [1.54, 1.807) is 0 Å². The predicted octanol–water partition coefficient (Wildman–Crippen LogP) is 4.53. The summed E-state index contributed by atoms with van der Waals surface area (Å²) in [6.07, 6.45) is 1.16. The molecule has 20 heavy (non-hydrogen) atoms. The first-order valence-electron chi connectivity index (χ1n) is 6.48. The van der Waals surface area contributed by atoms with Crippen LogP contribution in [0.3, 0.4) is 0 Å². The second-order valence-corrected chi connectivity index (χ2v) is 6.94. The van der Waals surface area contributed by atoms with Gasteiger partial charge in [0.05, 0.1) is 0 Å². The zero-order chi connectivity index (χ0) is 13.2. The van der Waals surface area contributed by atoms with Crippen LogP contribution in [-0.4, -0.2) is 18.5 Å². The molecule has 1 aromatic heterocycles. The average molecular weight is 374 g/mol. The van der Waals surface area contributed by atoms with Crippen molar-refractivity contribution in [3.8, 4) is 0 Å². The highest BCUT2D eigenvalue weighted by molar-refractivity contribution is 9.10. The van der Waals surface area contributed by atoms with Gasteiger partial charge in [-0.1, -0.05) is 18.2 Å². The van der Waals surface area contributed by atoms with Gasteiger partial charge in [-0.25, -0.2) is 0 Å². The van der Waals surface area contributed by atoms with Gasteiger partial charge in [0.25, 0.3) is 0 Å². The maximum atomic E-state index is 3.51. The Balaban J connectivity index is 0.00000147. The van der Waals surface area contributed by atoms with E-state index >= 15 is 0 Å². The third kappa shape index (κ3) is 3.55. The standard InChI is InChI=1S/C15H17BrN2S.ClH/c1-18(9-14-7-13(16)10-19-14)8-12-4-2-3-11-5-6-17-15(11)12;/h2-4,7,10,17H,5-6,8-9H2,1H3;1H. The summed E-state index contributed by atoms with van der Waals surface area (Å²) >= 11 is 5.32. The minimum atomic E-state index is 0. The molecule has 2 aromatic rings. The number of benzene rings is 1. The molecule has 1 aliphatic rings. The Morgan fingerprint density at radius 2 is 2.20 bits per heavy atom. The molecule has 0 amide bonds. The van der Waals surface area contributed by atoms with Crippen LogP contribution >= 0.6 is 39.7 Å². The topological polar surface area (TPSA) is 15.3 Å². The first-order valence-corrected chi connectivity index (χ1v) is 8.16. The van der Waals surface area contributed by atoms with Crippen molar-refractivity contribution in [1.82, 2.24) is 4.90 Å². The second-order valence-electron chi connectivity index (χ2n) is 5.03. The van der Waals surface area contributed by atoms with E-state index in [0.29, 0.717) is 0 Å². The number of thiophene rings is 1. The molecule has 0 fully saturated rings. The molecule has 1 N–H and O–H groups in total. The van der Waals surface area contributed by atoms with Crippen molar-refractivity contribution < 1.29 is 0 Å². The van der Waals surface area contributed by atoms with Crippen molar-refractivity contribution in [2.75, 3.05) is 18.9 Å². The highest BCUT2D eigenvalue weighted by Gasteiger charge is 2.14. The first-order chi connectivity index (χ1) is 9.22. The molecule has 3 rings (SSSR count). The largest absolute Gasteiger partial charge is 0.384 e. The van der Waals surface area contributed by atoms with Crippen LogP contribution in [0.15, 0.2) is 34.1 Å². The first kappa shape index (κ1) is 15.8. The monoisotopic (exact) mass is 372 g/mol. The number of hydrogen-bond donors (Lipinski definition) is 1. The van der Waals surface area contributed by atoms with Crippen LogP contribution in [-0.2, 0) is 19.5 Å². The highest BCUT2D eigenvalue weighted by Crippen LogP contribution is 2.28. The Morgan fingerprint density at radius 1 is 1.35 bits per heavy atom. The van der Waals surface area contributed by atoms with Crippen LogP contribution in [0.25, 0.3) is 0 Å². The lowest BCUT2D eigenvalue weighted by molar-refractivity contribution is 0.322. The molecule has 2 nitrogen and oxygen atoms in total. The van der Waals surface area contributed by atoms with Gasteiger partial charge in [0.1, 0.15) is 0 Å². The van der Waals surface area contributed by atoms with E-state index in [2.05, 4.69) is 62.8 Å². The van der Waals surface area contributed by atoms with Gasteiger partial charge in [-0.3, -0.25) is 4.90 Å². The van der Waals surface area contributed by atoms with E-state index in [-0.39, 0.29) is 12.4 Å². The number of para-hydroxylation sites is 1. The molecule has 5 heteroatoms. The van der Waals surface area contributed by atoms with Crippen molar-refractivity contribution in [1.29, 1.82) is 0 Å². The van der Waals surface area contributed by atoms with Gasteiger partial charge >= 0.3 is 0 Å². The van der Waals surface area contributed by atoms with E-state index in [0.717, 1.165) is 26.1 Å². The molecule has 0 spiro atoms. The Hall–Kier alpha value is -0.550. The van der Waals surface area contributed by atoms with Gasteiger partial charge in [-0.15, -0.1) is 23.7 Å². The number of rotatable bonds is 4. The second kappa shape index (κ2) is 6.94. The van der Waals surface area contributed by atoms with E-state index < -0.39 is 0 Å². The normalized spacial score (nSPS) is 12.9. The van der Waals surface area contributed by atoms with E-state index in [1.165, 1.54) is 26.2 Å². The number of nitrogens with zero attached hydrogens (tertiary/aromatic N) is 1. The fourth-order valence-electron chi connectivity index (χ4n) is 2.59. The van der Waals surface area contributed by atoms with Crippen LogP contribution < -0.4 is 5.32 Å². The molecular formula is C15H18BrClN2S. The summed E-state index contributed by atoms with van der Waals surface area (Å²) in [5.74, 6) is 0. The zero-order valence-corrected chi connectivity index (χ0v) is 14.6. The SMILES string of the molecule is CN(Cc1cc(Br)cs1)Cc1cccc2c1NCC2.Cl. The Morgan fingerprint density at radius 3 is 2.95 bits per heavy atom. The summed E-state index contributed by atoms with van der Waals surface area (Å²) in [6, 6.07) is 8.85. The summed E-state index contributed by atoms with van der Waals surface area (Å²) in [6.45, 7) is 3.07. The lowest BCUT2D eigenvalue weighted by Crippen LogP contribution is -2.17. The van der Waals surface area contributed by atoms with Crippen molar-refractivity contribution in [3.63, 3.8) is 0 Å². The molecule has 1 aliphatic heterocycles. The minimum absolute atomic E-state index is 0. The van der Waals surface area contributed by atoms with Crippen molar-refractivity contribution in [3.05, 3.63) is 50.1 Å².